The summed E-state index contributed by atoms with van der Waals surface area (Å²) in [4.78, 5) is 17.0. The Balaban J connectivity index is 1.35. The average molecular weight is 561 g/mol. The molecule has 0 aliphatic carbocycles. The van der Waals surface area contributed by atoms with E-state index < -0.39 is 0 Å². The molecule has 0 bridgehead atoms. The number of thioether (sulfide) groups is 1. The van der Waals surface area contributed by atoms with E-state index in [-0.39, 0.29) is 18.3 Å². The summed E-state index contributed by atoms with van der Waals surface area (Å²) < 4.78 is 7.76. The lowest BCUT2D eigenvalue weighted by Gasteiger charge is -2.09. The van der Waals surface area contributed by atoms with E-state index in [1.54, 1.807) is 24.3 Å². The predicted octanol–water partition coefficient (Wildman–Crippen LogP) is 6.77. The van der Waals surface area contributed by atoms with Gasteiger partial charge in [-0.2, -0.15) is 0 Å². The highest BCUT2D eigenvalue weighted by molar-refractivity contribution is 7.99. The number of benzene rings is 2. The fourth-order valence-corrected chi connectivity index (χ4v) is 5.25. The fraction of sp³-hybridized carbons (Fsp3) is 0.200. The van der Waals surface area contributed by atoms with Crippen LogP contribution in [0.3, 0.4) is 0 Å². The molecule has 0 unspecified atom stereocenters. The number of amides is 1. The van der Waals surface area contributed by atoms with E-state index in [9.17, 15) is 4.79 Å². The van der Waals surface area contributed by atoms with Crippen LogP contribution in [0.4, 0.5) is 5.13 Å². The second kappa shape index (κ2) is 12.4. The molecule has 0 spiro atoms. The lowest BCUT2D eigenvalue weighted by atomic mass is 10.2. The van der Waals surface area contributed by atoms with Crippen LogP contribution in [0.25, 0.3) is 11.3 Å². The zero-order valence-electron chi connectivity index (χ0n) is 19.4. The van der Waals surface area contributed by atoms with Crippen molar-refractivity contribution in [1.29, 1.82) is 0 Å². The van der Waals surface area contributed by atoms with E-state index in [1.807, 2.05) is 34.2 Å². The molecule has 1 N–H and O–H groups in total. The van der Waals surface area contributed by atoms with Crippen LogP contribution < -0.4 is 10.1 Å². The highest BCUT2D eigenvalue weighted by Crippen LogP contribution is 2.32. The summed E-state index contributed by atoms with van der Waals surface area (Å²) >= 11 is 14.8. The molecule has 2 aromatic carbocycles. The first-order chi connectivity index (χ1) is 17.5. The molecule has 0 radical (unpaired) electrons. The Morgan fingerprint density at radius 3 is 2.75 bits per heavy atom. The minimum Gasteiger partial charge on any atom is -0.486 e. The zero-order chi connectivity index (χ0) is 25.5. The topological polar surface area (TPSA) is 81.9 Å². The van der Waals surface area contributed by atoms with Gasteiger partial charge in [-0.3, -0.25) is 9.36 Å². The third-order valence-electron chi connectivity index (χ3n) is 5.09. The van der Waals surface area contributed by atoms with Crippen molar-refractivity contribution in [3.63, 3.8) is 0 Å². The molecule has 0 aliphatic heterocycles. The molecule has 1 amide bonds. The number of halogens is 2. The van der Waals surface area contributed by atoms with E-state index in [0.717, 1.165) is 17.7 Å². The van der Waals surface area contributed by atoms with Crippen LogP contribution in [0, 0.1) is 0 Å². The van der Waals surface area contributed by atoms with Crippen LogP contribution >= 0.6 is 46.3 Å². The molecule has 2 aromatic heterocycles. The lowest BCUT2D eigenvalue weighted by Crippen LogP contribution is -2.15. The van der Waals surface area contributed by atoms with Crippen LogP contribution in [-0.2, 0) is 24.4 Å². The van der Waals surface area contributed by atoms with Crippen LogP contribution in [0.15, 0.2) is 65.7 Å². The van der Waals surface area contributed by atoms with Gasteiger partial charge in [0.25, 0.3) is 0 Å². The number of hydrogen-bond donors (Lipinski definition) is 1. The summed E-state index contributed by atoms with van der Waals surface area (Å²) in [6.45, 7) is 6.69. The molecule has 0 fully saturated rings. The average Bonchev–Trinajstić information content (AvgIpc) is 3.49. The lowest BCUT2D eigenvalue weighted by molar-refractivity contribution is -0.113. The number of thiazole rings is 1. The number of carbonyl (C=O) groups excluding carboxylic acids is 1. The van der Waals surface area contributed by atoms with Crippen molar-refractivity contribution in [2.75, 3.05) is 11.1 Å². The third kappa shape index (κ3) is 6.67. The molecule has 0 saturated carbocycles. The first kappa shape index (κ1) is 26.2. The van der Waals surface area contributed by atoms with E-state index in [2.05, 4.69) is 34.0 Å². The number of rotatable bonds is 11. The number of aryl methyl sites for hydroxylation is 1. The van der Waals surface area contributed by atoms with Gasteiger partial charge < -0.3 is 10.1 Å². The quantitative estimate of drug-likeness (QED) is 0.161. The smallest absolute Gasteiger partial charge is 0.236 e. The SMILES string of the molecule is C=CCn1c(COc2ccc(CC)cc2)nnc1SCC(=O)Nc1nc(-c2ccc(Cl)cc2Cl)cs1. The number of anilines is 1. The first-order valence-corrected chi connectivity index (χ1v) is 13.7. The second-order valence-corrected chi connectivity index (χ2v) is 10.2. The Hall–Kier alpha value is -2.85. The highest BCUT2D eigenvalue weighted by atomic mass is 35.5. The molecule has 4 aromatic rings. The molecule has 36 heavy (non-hydrogen) atoms. The van der Waals surface area contributed by atoms with Crippen molar-refractivity contribution in [2.45, 2.75) is 31.7 Å². The highest BCUT2D eigenvalue weighted by Gasteiger charge is 2.16. The summed E-state index contributed by atoms with van der Waals surface area (Å²) in [6.07, 6.45) is 2.73. The number of nitrogens with zero attached hydrogens (tertiary/aromatic N) is 4. The molecule has 7 nitrogen and oxygen atoms in total. The predicted molar refractivity (Wildman–Crippen MR) is 147 cm³/mol. The molecular formula is C25H23Cl2N5O2S2. The third-order valence-corrected chi connectivity index (χ3v) is 7.37. The van der Waals surface area contributed by atoms with Gasteiger partial charge in [0.15, 0.2) is 16.1 Å². The number of aromatic nitrogens is 4. The van der Waals surface area contributed by atoms with Gasteiger partial charge in [-0.25, -0.2) is 4.98 Å². The Bertz CT molecular complexity index is 1350. The van der Waals surface area contributed by atoms with Crippen molar-refractivity contribution in [1.82, 2.24) is 19.7 Å². The van der Waals surface area contributed by atoms with E-state index in [1.165, 1.54) is 28.7 Å². The molecule has 0 aliphatic rings. The summed E-state index contributed by atoms with van der Waals surface area (Å²) in [5.74, 6) is 1.36. The minimum atomic E-state index is -0.204. The van der Waals surface area contributed by atoms with Gasteiger partial charge in [0, 0.05) is 22.5 Å². The van der Waals surface area contributed by atoms with Crippen molar-refractivity contribution in [3.8, 4) is 17.0 Å². The van der Waals surface area contributed by atoms with Gasteiger partial charge in [0.2, 0.25) is 5.91 Å². The van der Waals surface area contributed by atoms with E-state index in [4.69, 9.17) is 27.9 Å². The number of nitrogens with one attached hydrogen (secondary N) is 1. The van der Waals surface area contributed by atoms with Gasteiger partial charge in [0.05, 0.1) is 16.5 Å². The molecule has 186 valence electrons. The normalized spacial score (nSPS) is 10.9. The number of hydrogen-bond acceptors (Lipinski definition) is 7. The largest absolute Gasteiger partial charge is 0.486 e. The van der Waals surface area contributed by atoms with Crippen LogP contribution in [0.1, 0.15) is 18.3 Å². The standard InChI is InChI=1S/C25H23Cl2N5O2S2/c1-3-11-32-22(13-34-18-8-5-16(4-2)6-9-18)30-31-25(32)36-15-23(33)29-24-28-21(14-35-24)19-10-7-17(26)12-20(19)27/h3,5-10,12,14H,1,4,11,13,15H2,2H3,(H,28,29,33). The van der Waals surface area contributed by atoms with Crippen LogP contribution in [-0.4, -0.2) is 31.4 Å². The van der Waals surface area contributed by atoms with Crippen LogP contribution in [0.2, 0.25) is 10.0 Å². The Morgan fingerprint density at radius 2 is 2.03 bits per heavy atom. The fourth-order valence-electron chi connectivity index (χ4n) is 3.25. The molecule has 11 heteroatoms. The molecular weight excluding hydrogens is 537 g/mol. The maximum absolute atomic E-state index is 12.6. The van der Waals surface area contributed by atoms with Crippen LogP contribution in [0.5, 0.6) is 5.75 Å². The van der Waals surface area contributed by atoms with Gasteiger partial charge in [-0.05, 0) is 42.3 Å². The van der Waals surface area contributed by atoms with E-state index >= 15 is 0 Å². The number of carbonyl (C=O) groups is 1. The minimum absolute atomic E-state index is 0.144. The summed E-state index contributed by atoms with van der Waals surface area (Å²) in [5.41, 5.74) is 2.67. The number of ether oxygens (including phenoxy) is 1. The zero-order valence-corrected chi connectivity index (χ0v) is 22.6. The maximum Gasteiger partial charge on any atom is 0.236 e. The monoisotopic (exact) mass is 559 g/mol. The van der Waals surface area contributed by atoms with Crippen molar-refractivity contribution in [2.24, 2.45) is 0 Å². The number of allylic oxidation sites excluding steroid dienone is 1. The molecule has 2 heterocycles. The van der Waals surface area contributed by atoms with Gasteiger partial charge in [-0.1, -0.05) is 60.1 Å². The Morgan fingerprint density at radius 1 is 1.22 bits per heavy atom. The Kier molecular flexibility index (Phi) is 9.03. The Labute approximate surface area is 227 Å². The molecule has 0 saturated heterocycles. The summed E-state index contributed by atoms with van der Waals surface area (Å²) in [5, 5.41) is 15.3. The van der Waals surface area contributed by atoms with E-state index in [0.29, 0.717) is 38.4 Å². The molecule has 4 rings (SSSR count). The first-order valence-electron chi connectivity index (χ1n) is 11.0. The van der Waals surface area contributed by atoms with Gasteiger partial charge in [0.1, 0.15) is 12.4 Å². The van der Waals surface area contributed by atoms with Crippen molar-refractivity contribution >= 4 is 57.3 Å². The van der Waals surface area contributed by atoms with Gasteiger partial charge >= 0.3 is 0 Å². The van der Waals surface area contributed by atoms with Crippen molar-refractivity contribution in [3.05, 3.63) is 81.9 Å². The summed E-state index contributed by atoms with van der Waals surface area (Å²) in [6, 6.07) is 13.2. The summed E-state index contributed by atoms with van der Waals surface area (Å²) in [7, 11) is 0. The van der Waals surface area contributed by atoms with Crippen molar-refractivity contribution < 1.29 is 9.53 Å². The second-order valence-electron chi connectivity index (χ2n) is 7.58. The van der Waals surface area contributed by atoms with Gasteiger partial charge in [-0.15, -0.1) is 28.1 Å². The molecule has 0 atom stereocenters. The maximum atomic E-state index is 12.6.